The molecule has 24 heavy (non-hydrogen) atoms. The SMILES string of the molecule is OCCc1cn(Cc2csc3ccc(Cl)cc23)c2cc(Br)ccc12. The van der Waals surface area contributed by atoms with Gasteiger partial charge >= 0.3 is 0 Å². The van der Waals surface area contributed by atoms with Crippen molar-refractivity contribution >= 4 is 59.9 Å². The van der Waals surface area contributed by atoms with Gasteiger partial charge in [0.1, 0.15) is 0 Å². The molecule has 0 aliphatic rings. The van der Waals surface area contributed by atoms with Crippen LogP contribution >= 0.6 is 38.9 Å². The normalized spacial score (nSPS) is 11.6. The monoisotopic (exact) mass is 419 g/mol. The molecule has 0 saturated heterocycles. The number of aromatic nitrogens is 1. The predicted molar refractivity (Wildman–Crippen MR) is 106 cm³/mol. The van der Waals surface area contributed by atoms with E-state index in [9.17, 15) is 5.11 Å². The Morgan fingerprint density at radius 2 is 1.96 bits per heavy atom. The number of thiophene rings is 1. The molecule has 0 amide bonds. The van der Waals surface area contributed by atoms with Crippen LogP contribution in [-0.2, 0) is 13.0 Å². The maximum Gasteiger partial charge on any atom is 0.0497 e. The van der Waals surface area contributed by atoms with Crippen molar-refractivity contribution in [3.8, 4) is 0 Å². The van der Waals surface area contributed by atoms with E-state index in [4.69, 9.17) is 11.6 Å². The topological polar surface area (TPSA) is 25.2 Å². The van der Waals surface area contributed by atoms with Gasteiger partial charge in [0, 0.05) is 44.4 Å². The van der Waals surface area contributed by atoms with Crippen molar-refractivity contribution in [1.29, 1.82) is 0 Å². The Morgan fingerprint density at radius 1 is 1.08 bits per heavy atom. The second-order valence-corrected chi connectivity index (χ2v) is 8.08. The fourth-order valence-corrected chi connectivity index (χ4v) is 4.61. The van der Waals surface area contributed by atoms with E-state index in [-0.39, 0.29) is 6.61 Å². The second-order valence-electron chi connectivity index (χ2n) is 5.82. The van der Waals surface area contributed by atoms with E-state index in [1.54, 1.807) is 11.3 Å². The summed E-state index contributed by atoms with van der Waals surface area (Å²) in [5.74, 6) is 0. The largest absolute Gasteiger partial charge is 0.396 e. The molecule has 0 saturated carbocycles. The standard InChI is InChI=1S/C19H15BrClNOS/c20-14-1-3-16-12(5-6-23)9-22(18(16)7-14)10-13-11-24-19-4-2-15(21)8-17(13)19/h1-4,7-9,11,23H,5-6,10H2. The van der Waals surface area contributed by atoms with E-state index in [1.807, 2.05) is 18.2 Å². The Balaban J connectivity index is 1.83. The first-order chi connectivity index (χ1) is 11.7. The van der Waals surface area contributed by atoms with Crippen LogP contribution in [0.4, 0.5) is 0 Å². The minimum atomic E-state index is 0.159. The van der Waals surface area contributed by atoms with Gasteiger partial charge < -0.3 is 9.67 Å². The molecule has 5 heteroatoms. The van der Waals surface area contributed by atoms with Gasteiger partial charge in [-0.1, -0.05) is 33.6 Å². The Hall–Kier alpha value is -1.33. The van der Waals surface area contributed by atoms with Gasteiger partial charge in [0.25, 0.3) is 0 Å². The van der Waals surface area contributed by atoms with Crippen LogP contribution in [0.5, 0.6) is 0 Å². The van der Waals surface area contributed by atoms with E-state index in [0.29, 0.717) is 6.42 Å². The molecule has 2 nitrogen and oxygen atoms in total. The van der Waals surface area contributed by atoms with Gasteiger partial charge in [-0.15, -0.1) is 11.3 Å². The van der Waals surface area contributed by atoms with Gasteiger partial charge in [-0.2, -0.15) is 0 Å². The number of aliphatic hydroxyl groups is 1. The smallest absolute Gasteiger partial charge is 0.0497 e. The molecular formula is C19H15BrClNOS. The summed E-state index contributed by atoms with van der Waals surface area (Å²) in [4.78, 5) is 0. The number of fused-ring (bicyclic) bond motifs is 2. The predicted octanol–water partition coefficient (Wildman–Crippen LogP) is 5.86. The molecule has 122 valence electrons. The van der Waals surface area contributed by atoms with E-state index in [1.165, 1.54) is 32.1 Å². The molecule has 4 rings (SSSR count). The molecule has 2 aromatic heterocycles. The molecule has 1 N–H and O–H groups in total. The maximum absolute atomic E-state index is 9.34. The second kappa shape index (κ2) is 6.52. The minimum Gasteiger partial charge on any atom is -0.396 e. The van der Waals surface area contributed by atoms with Gasteiger partial charge in [-0.25, -0.2) is 0 Å². The van der Waals surface area contributed by atoms with Gasteiger partial charge in [0.2, 0.25) is 0 Å². The molecule has 2 aromatic carbocycles. The molecular weight excluding hydrogens is 406 g/mol. The number of nitrogens with zero attached hydrogens (tertiary/aromatic N) is 1. The number of aliphatic hydroxyl groups excluding tert-OH is 1. The summed E-state index contributed by atoms with van der Waals surface area (Å²) in [7, 11) is 0. The summed E-state index contributed by atoms with van der Waals surface area (Å²) in [6, 6.07) is 12.4. The highest BCUT2D eigenvalue weighted by molar-refractivity contribution is 9.10. The molecule has 4 aromatic rings. The van der Waals surface area contributed by atoms with Gasteiger partial charge in [-0.05, 0) is 58.6 Å². The summed E-state index contributed by atoms with van der Waals surface area (Å²) >= 11 is 11.5. The van der Waals surface area contributed by atoms with Crippen LogP contribution in [0, 0.1) is 0 Å². The van der Waals surface area contributed by atoms with Gasteiger partial charge in [-0.3, -0.25) is 0 Å². The maximum atomic E-state index is 9.34. The zero-order chi connectivity index (χ0) is 16.7. The van der Waals surface area contributed by atoms with Crippen molar-refractivity contribution < 1.29 is 5.11 Å². The molecule has 2 heterocycles. The van der Waals surface area contributed by atoms with Crippen molar-refractivity contribution in [2.45, 2.75) is 13.0 Å². The molecule has 0 radical (unpaired) electrons. The van der Waals surface area contributed by atoms with Crippen LogP contribution in [0.15, 0.2) is 52.4 Å². The highest BCUT2D eigenvalue weighted by Crippen LogP contribution is 2.31. The van der Waals surface area contributed by atoms with Gasteiger partial charge in [0.05, 0.1) is 0 Å². The zero-order valence-corrected chi connectivity index (χ0v) is 16.0. The summed E-state index contributed by atoms with van der Waals surface area (Å²) < 4.78 is 4.57. The Labute approximate surface area is 157 Å². The summed E-state index contributed by atoms with van der Waals surface area (Å²) in [5, 5.41) is 14.7. The van der Waals surface area contributed by atoms with Crippen LogP contribution in [0.25, 0.3) is 21.0 Å². The lowest BCUT2D eigenvalue weighted by Gasteiger charge is -2.05. The number of halogens is 2. The molecule has 0 unspecified atom stereocenters. The van der Waals surface area contributed by atoms with E-state index >= 15 is 0 Å². The average Bonchev–Trinajstić information content (AvgIpc) is 3.10. The number of benzene rings is 2. The first-order valence-corrected chi connectivity index (χ1v) is 9.74. The van der Waals surface area contributed by atoms with Gasteiger partial charge in [0.15, 0.2) is 0 Å². The van der Waals surface area contributed by atoms with Crippen LogP contribution in [0.2, 0.25) is 5.02 Å². The average molecular weight is 421 g/mol. The lowest BCUT2D eigenvalue weighted by molar-refractivity contribution is 0.300. The fourth-order valence-electron chi connectivity index (χ4n) is 3.15. The van der Waals surface area contributed by atoms with Crippen molar-refractivity contribution in [1.82, 2.24) is 4.57 Å². The minimum absolute atomic E-state index is 0.159. The third-order valence-corrected chi connectivity index (χ3v) is 6.01. The summed E-state index contributed by atoms with van der Waals surface area (Å²) in [6.45, 7) is 0.949. The Bertz CT molecular complexity index is 1040. The van der Waals surface area contributed by atoms with Crippen molar-refractivity contribution in [3.63, 3.8) is 0 Å². The molecule has 0 aliphatic carbocycles. The molecule has 0 aliphatic heterocycles. The molecule has 0 fully saturated rings. The Morgan fingerprint density at radius 3 is 2.79 bits per heavy atom. The lowest BCUT2D eigenvalue weighted by atomic mass is 10.1. The molecule has 0 spiro atoms. The van der Waals surface area contributed by atoms with Crippen LogP contribution in [0.1, 0.15) is 11.1 Å². The fraction of sp³-hybridized carbons (Fsp3) is 0.158. The third-order valence-electron chi connectivity index (χ3n) is 4.26. The molecule has 0 atom stereocenters. The highest BCUT2D eigenvalue weighted by Gasteiger charge is 2.11. The van der Waals surface area contributed by atoms with Crippen molar-refractivity contribution in [2.24, 2.45) is 0 Å². The van der Waals surface area contributed by atoms with E-state index < -0.39 is 0 Å². The lowest BCUT2D eigenvalue weighted by Crippen LogP contribution is -1.97. The zero-order valence-electron chi connectivity index (χ0n) is 12.8. The van der Waals surface area contributed by atoms with Crippen molar-refractivity contribution in [2.75, 3.05) is 6.61 Å². The van der Waals surface area contributed by atoms with Crippen molar-refractivity contribution in [3.05, 3.63) is 68.6 Å². The van der Waals surface area contributed by atoms with E-state index in [0.717, 1.165) is 16.0 Å². The van der Waals surface area contributed by atoms with Crippen LogP contribution in [0.3, 0.4) is 0 Å². The Kier molecular flexibility index (Phi) is 4.39. The highest BCUT2D eigenvalue weighted by atomic mass is 79.9. The van der Waals surface area contributed by atoms with E-state index in [2.05, 4.69) is 50.3 Å². The first kappa shape index (κ1) is 16.2. The third kappa shape index (κ3) is 2.88. The number of hydrogen-bond donors (Lipinski definition) is 1. The summed E-state index contributed by atoms with van der Waals surface area (Å²) in [5.41, 5.74) is 3.62. The number of hydrogen-bond acceptors (Lipinski definition) is 2. The molecule has 0 bridgehead atoms. The quantitative estimate of drug-likeness (QED) is 0.440. The number of rotatable bonds is 4. The summed E-state index contributed by atoms with van der Waals surface area (Å²) in [6.07, 6.45) is 2.82. The van der Waals surface area contributed by atoms with Crippen LogP contribution in [-0.4, -0.2) is 16.3 Å². The van der Waals surface area contributed by atoms with Crippen LogP contribution < -0.4 is 0 Å². The first-order valence-electron chi connectivity index (χ1n) is 7.69.